The van der Waals surface area contributed by atoms with Crippen molar-refractivity contribution in [3.8, 4) is 5.75 Å². The number of fused-ring (bicyclic) bond motifs is 3. The van der Waals surface area contributed by atoms with E-state index in [4.69, 9.17) is 4.74 Å². The van der Waals surface area contributed by atoms with Gasteiger partial charge in [0.05, 0.1) is 6.04 Å². The van der Waals surface area contributed by atoms with Crippen LogP contribution in [0.4, 0.5) is 0 Å². The van der Waals surface area contributed by atoms with Gasteiger partial charge in [-0.3, -0.25) is 19.2 Å². The van der Waals surface area contributed by atoms with E-state index >= 15 is 0 Å². The lowest BCUT2D eigenvalue weighted by atomic mass is 9.96. The zero-order valence-electron chi connectivity index (χ0n) is 22.0. The zero-order valence-corrected chi connectivity index (χ0v) is 22.0. The third-order valence-corrected chi connectivity index (χ3v) is 7.45. The second kappa shape index (κ2) is 9.99. The Bertz CT molecular complexity index is 1730. The molecule has 2 N–H and O–H groups in total. The maximum absolute atomic E-state index is 13.4. The predicted octanol–water partition coefficient (Wildman–Crippen LogP) is 2.49. The Balaban J connectivity index is 1.21. The van der Waals surface area contributed by atoms with Gasteiger partial charge in [-0.2, -0.15) is 14.6 Å². The molecule has 4 aromatic rings. The fourth-order valence-corrected chi connectivity index (χ4v) is 5.45. The van der Waals surface area contributed by atoms with Crippen LogP contribution in [0.1, 0.15) is 78.5 Å². The quantitative estimate of drug-likeness (QED) is 0.356. The van der Waals surface area contributed by atoms with Crippen molar-refractivity contribution in [3.63, 3.8) is 0 Å². The van der Waals surface area contributed by atoms with Gasteiger partial charge in [0.25, 0.3) is 17.6 Å². The second-order valence-corrected chi connectivity index (χ2v) is 10.1. The van der Waals surface area contributed by atoms with Crippen molar-refractivity contribution in [1.29, 1.82) is 0 Å². The van der Waals surface area contributed by atoms with Crippen molar-refractivity contribution in [3.05, 3.63) is 87.5 Å². The summed E-state index contributed by atoms with van der Waals surface area (Å²) in [6.45, 7) is 3.75. The molecule has 2 aromatic carbocycles. The average Bonchev–Trinajstić information content (AvgIpc) is 3.58. The van der Waals surface area contributed by atoms with E-state index in [0.29, 0.717) is 24.2 Å². The lowest BCUT2D eigenvalue weighted by molar-refractivity contribution is -0.121. The van der Waals surface area contributed by atoms with E-state index in [0.717, 1.165) is 34.2 Å². The summed E-state index contributed by atoms with van der Waals surface area (Å²) in [6.07, 6.45) is 3.01. The minimum Gasteiger partial charge on any atom is -0.486 e. The largest absolute Gasteiger partial charge is 0.486 e. The van der Waals surface area contributed by atoms with Crippen LogP contribution in [0.5, 0.6) is 5.75 Å². The number of aromatic nitrogens is 4. The molecular formula is C29H26N6O5. The van der Waals surface area contributed by atoms with Crippen LogP contribution in [-0.4, -0.2) is 49.6 Å². The molecule has 3 heterocycles. The van der Waals surface area contributed by atoms with Gasteiger partial charge in [0.15, 0.2) is 11.6 Å². The smallest absolute Gasteiger partial charge is 0.270 e. The summed E-state index contributed by atoms with van der Waals surface area (Å²) in [4.78, 5) is 58.5. The highest BCUT2D eigenvalue weighted by atomic mass is 16.5. The Kier molecular flexibility index (Phi) is 6.33. The van der Waals surface area contributed by atoms with Gasteiger partial charge in [-0.1, -0.05) is 18.2 Å². The molecule has 2 amide bonds. The number of hydrogen-bond acceptors (Lipinski definition) is 8. The van der Waals surface area contributed by atoms with Crippen LogP contribution >= 0.6 is 0 Å². The normalized spacial score (nSPS) is 15.8. The van der Waals surface area contributed by atoms with Crippen LogP contribution in [0.15, 0.2) is 42.7 Å². The number of amides is 2. The Hall–Kier alpha value is -4.93. The third-order valence-electron chi connectivity index (χ3n) is 7.45. The minimum atomic E-state index is -0.483. The van der Waals surface area contributed by atoms with Gasteiger partial charge in [-0.25, -0.2) is 4.98 Å². The van der Waals surface area contributed by atoms with E-state index in [1.54, 1.807) is 19.1 Å². The number of Topliss-reactive ketones (excluding diaryl/α,β-unsaturated/α-hetero) is 2. The molecule has 0 unspecified atom stereocenters. The number of carbonyl (C=O) groups excluding carboxylic acids is 4. The maximum atomic E-state index is 13.4. The first-order valence-corrected chi connectivity index (χ1v) is 13.0. The molecule has 2 aliphatic rings. The highest BCUT2D eigenvalue weighted by Crippen LogP contribution is 2.35. The summed E-state index contributed by atoms with van der Waals surface area (Å²) < 4.78 is 6.73. The molecule has 0 radical (unpaired) electrons. The summed E-state index contributed by atoms with van der Waals surface area (Å²) in [5.74, 6) is -0.0951. The molecule has 1 aliphatic carbocycles. The number of ether oxygens (including phenoxy) is 1. The van der Waals surface area contributed by atoms with Gasteiger partial charge >= 0.3 is 0 Å². The lowest BCUT2D eigenvalue weighted by Gasteiger charge is -2.17. The molecule has 1 atom stereocenters. The third kappa shape index (κ3) is 4.59. The summed E-state index contributed by atoms with van der Waals surface area (Å²) in [5, 5.41) is 9.99. The van der Waals surface area contributed by atoms with E-state index in [2.05, 4.69) is 25.7 Å². The number of nitrogens with one attached hydrogen (secondary N) is 2. The topological polar surface area (TPSA) is 145 Å². The van der Waals surface area contributed by atoms with E-state index in [1.165, 1.54) is 16.9 Å². The van der Waals surface area contributed by atoms with Crippen molar-refractivity contribution in [1.82, 2.24) is 30.2 Å². The number of hydrogen-bond donors (Lipinski definition) is 2. The Labute approximate surface area is 229 Å². The Morgan fingerprint density at radius 2 is 1.98 bits per heavy atom. The molecule has 0 fully saturated rings. The standard InChI is InChI=1S/C29H26N6O5/c1-15-20(16(2)36)4-5-22-21(15)6-7-23(22)33-28(39)25-11-24(34-29-31-14-32-35(25)29)27(38)30-12-17-3-8-26-18(9-17)10-19(37)13-40-26/h3-5,8-9,11,14,23H,6-7,10,12-13H2,1-2H3,(H,30,38)(H,33,39)/t23-/m0/s1. The van der Waals surface area contributed by atoms with E-state index in [-0.39, 0.29) is 47.9 Å². The minimum absolute atomic E-state index is 0.00217. The maximum Gasteiger partial charge on any atom is 0.270 e. The number of benzene rings is 2. The van der Waals surface area contributed by atoms with Crippen LogP contribution < -0.4 is 15.4 Å². The lowest BCUT2D eigenvalue weighted by Crippen LogP contribution is -2.30. The molecule has 6 rings (SSSR count). The van der Waals surface area contributed by atoms with Gasteiger partial charge in [0.2, 0.25) is 0 Å². The molecule has 2 aromatic heterocycles. The van der Waals surface area contributed by atoms with Crippen LogP contribution in [0, 0.1) is 6.92 Å². The molecule has 0 spiro atoms. The first kappa shape index (κ1) is 25.4. The van der Waals surface area contributed by atoms with E-state index in [1.807, 2.05) is 25.1 Å². The van der Waals surface area contributed by atoms with Gasteiger partial charge in [0.1, 0.15) is 30.1 Å². The molecule has 202 valence electrons. The molecule has 0 saturated carbocycles. The first-order chi connectivity index (χ1) is 19.3. The van der Waals surface area contributed by atoms with Crippen molar-refractivity contribution in [2.45, 2.75) is 45.7 Å². The SMILES string of the molecule is CC(=O)c1ccc2c(c1C)CC[C@@H]2NC(=O)c1cc(C(=O)NCc2ccc3c(c2)CC(=O)CO3)nc2ncnn12. The van der Waals surface area contributed by atoms with Gasteiger partial charge < -0.3 is 15.4 Å². The van der Waals surface area contributed by atoms with Crippen molar-refractivity contribution < 1.29 is 23.9 Å². The Morgan fingerprint density at radius 1 is 1.12 bits per heavy atom. The van der Waals surface area contributed by atoms with Crippen molar-refractivity contribution >= 4 is 29.2 Å². The summed E-state index contributed by atoms with van der Waals surface area (Å²) in [5.41, 5.74) is 5.43. The predicted molar refractivity (Wildman–Crippen MR) is 142 cm³/mol. The van der Waals surface area contributed by atoms with Gasteiger partial charge in [-0.05, 0) is 61.1 Å². The van der Waals surface area contributed by atoms with Crippen molar-refractivity contribution in [2.75, 3.05) is 6.61 Å². The fourth-order valence-electron chi connectivity index (χ4n) is 5.45. The summed E-state index contributed by atoms with van der Waals surface area (Å²) in [7, 11) is 0. The van der Waals surface area contributed by atoms with Gasteiger partial charge in [-0.15, -0.1) is 0 Å². The number of carbonyl (C=O) groups is 4. The highest BCUT2D eigenvalue weighted by Gasteiger charge is 2.28. The second-order valence-electron chi connectivity index (χ2n) is 10.1. The summed E-state index contributed by atoms with van der Waals surface area (Å²) >= 11 is 0. The first-order valence-electron chi connectivity index (χ1n) is 13.0. The zero-order chi connectivity index (χ0) is 28.0. The molecule has 40 heavy (non-hydrogen) atoms. The fraction of sp³-hybridized carbons (Fsp3) is 0.276. The molecule has 11 heteroatoms. The van der Waals surface area contributed by atoms with Crippen LogP contribution in [0.25, 0.3) is 5.78 Å². The molecule has 0 bridgehead atoms. The molecule has 0 saturated heterocycles. The van der Waals surface area contributed by atoms with Crippen molar-refractivity contribution in [2.24, 2.45) is 0 Å². The van der Waals surface area contributed by atoms with Crippen LogP contribution in [0.2, 0.25) is 0 Å². The number of nitrogens with zero attached hydrogens (tertiary/aromatic N) is 4. The van der Waals surface area contributed by atoms with Gasteiger partial charge in [0, 0.05) is 30.2 Å². The average molecular weight is 539 g/mol. The van der Waals surface area contributed by atoms with Crippen LogP contribution in [0.3, 0.4) is 0 Å². The molecule has 1 aliphatic heterocycles. The molecule has 11 nitrogen and oxygen atoms in total. The monoisotopic (exact) mass is 538 g/mol. The van der Waals surface area contributed by atoms with E-state index in [9.17, 15) is 19.2 Å². The summed E-state index contributed by atoms with van der Waals surface area (Å²) in [6, 6.07) is 10.3. The Morgan fingerprint density at radius 3 is 2.80 bits per heavy atom. The molecular weight excluding hydrogens is 512 g/mol. The number of ketones is 2. The number of rotatable bonds is 6. The highest BCUT2D eigenvalue weighted by molar-refractivity contribution is 5.98. The van der Waals surface area contributed by atoms with Crippen LogP contribution in [-0.2, 0) is 24.2 Å². The van der Waals surface area contributed by atoms with E-state index < -0.39 is 11.8 Å².